The molecule has 1 aliphatic rings. The van der Waals surface area contributed by atoms with Crippen LogP contribution in [0.1, 0.15) is 10.4 Å². The predicted octanol–water partition coefficient (Wildman–Crippen LogP) is 0.893. The Labute approximate surface area is 120 Å². The lowest BCUT2D eigenvalue weighted by atomic mass is 10.1. The van der Waals surface area contributed by atoms with Gasteiger partial charge in [-0.1, -0.05) is 23.2 Å². The van der Waals surface area contributed by atoms with Crippen molar-refractivity contribution in [1.29, 1.82) is 0 Å². The largest absolute Gasteiger partial charge is 0.368 e. The molecule has 0 bridgehead atoms. The topological polar surface area (TPSA) is 75.4 Å². The van der Waals surface area contributed by atoms with Crippen molar-refractivity contribution in [3.05, 3.63) is 33.8 Å². The highest BCUT2D eigenvalue weighted by molar-refractivity contribution is 6.35. The fourth-order valence-corrected chi connectivity index (χ4v) is 2.57. The van der Waals surface area contributed by atoms with E-state index >= 15 is 0 Å². The molecule has 2 rings (SSSR count). The van der Waals surface area contributed by atoms with Crippen LogP contribution in [0.2, 0.25) is 10.0 Å². The Morgan fingerprint density at radius 2 is 1.89 bits per heavy atom. The van der Waals surface area contributed by atoms with Gasteiger partial charge in [0.05, 0.1) is 0 Å². The van der Waals surface area contributed by atoms with Crippen molar-refractivity contribution in [3.8, 4) is 0 Å². The molecular formula is C12H13Cl2N3O2. The molecule has 1 saturated heterocycles. The maximum absolute atomic E-state index is 12.4. The van der Waals surface area contributed by atoms with E-state index in [-0.39, 0.29) is 5.91 Å². The summed E-state index contributed by atoms with van der Waals surface area (Å²) >= 11 is 11.7. The van der Waals surface area contributed by atoms with Gasteiger partial charge >= 0.3 is 0 Å². The Morgan fingerprint density at radius 3 is 2.47 bits per heavy atom. The average molecular weight is 302 g/mol. The number of nitrogens with two attached hydrogens (primary N) is 1. The molecule has 3 N–H and O–H groups in total. The maximum Gasteiger partial charge on any atom is 0.254 e. The first-order valence-electron chi connectivity index (χ1n) is 5.76. The zero-order valence-corrected chi connectivity index (χ0v) is 11.5. The molecule has 1 unspecified atom stereocenters. The quantitative estimate of drug-likeness (QED) is 0.852. The van der Waals surface area contributed by atoms with Gasteiger partial charge in [-0.3, -0.25) is 9.59 Å². The van der Waals surface area contributed by atoms with Crippen LogP contribution in [0.25, 0.3) is 0 Å². The summed E-state index contributed by atoms with van der Waals surface area (Å²) in [5, 5.41) is 3.78. The first-order chi connectivity index (χ1) is 8.99. The van der Waals surface area contributed by atoms with Gasteiger partial charge in [0.2, 0.25) is 5.91 Å². The lowest BCUT2D eigenvalue weighted by Crippen LogP contribution is -2.58. The smallest absolute Gasteiger partial charge is 0.254 e. The number of primary amides is 1. The summed E-state index contributed by atoms with van der Waals surface area (Å²) in [6.07, 6.45) is 0. The molecule has 7 heteroatoms. The molecule has 1 aliphatic heterocycles. The maximum atomic E-state index is 12.4. The number of hydrogen-bond acceptors (Lipinski definition) is 3. The highest BCUT2D eigenvalue weighted by Crippen LogP contribution is 2.21. The van der Waals surface area contributed by atoms with Crippen molar-refractivity contribution >= 4 is 35.0 Å². The minimum Gasteiger partial charge on any atom is -0.368 e. The van der Waals surface area contributed by atoms with Crippen molar-refractivity contribution < 1.29 is 9.59 Å². The van der Waals surface area contributed by atoms with Gasteiger partial charge in [0.25, 0.3) is 5.91 Å². The third kappa shape index (κ3) is 3.18. The van der Waals surface area contributed by atoms with Crippen molar-refractivity contribution in [2.24, 2.45) is 5.73 Å². The number of amides is 2. The zero-order chi connectivity index (χ0) is 14.0. The molecule has 0 spiro atoms. The summed E-state index contributed by atoms with van der Waals surface area (Å²) in [6.45, 7) is 1.38. The Kier molecular flexibility index (Phi) is 4.29. The SMILES string of the molecule is NC(=O)C1CNCCN1C(=O)c1cc(Cl)cc(Cl)c1. The second-order valence-electron chi connectivity index (χ2n) is 4.28. The molecule has 5 nitrogen and oxygen atoms in total. The predicted molar refractivity (Wildman–Crippen MR) is 73.4 cm³/mol. The van der Waals surface area contributed by atoms with E-state index < -0.39 is 11.9 Å². The normalized spacial score (nSPS) is 19.3. The number of halogens is 2. The minimum absolute atomic E-state index is 0.297. The van der Waals surface area contributed by atoms with Crippen molar-refractivity contribution in [1.82, 2.24) is 10.2 Å². The monoisotopic (exact) mass is 301 g/mol. The highest BCUT2D eigenvalue weighted by Gasteiger charge is 2.31. The summed E-state index contributed by atoms with van der Waals surface area (Å²) in [5.74, 6) is -0.830. The van der Waals surface area contributed by atoms with Crippen molar-refractivity contribution in [3.63, 3.8) is 0 Å². The first kappa shape index (κ1) is 14.1. The number of nitrogens with one attached hydrogen (secondary N) is 1. The van der Waals surface area contributed by atoms with E-state index in [1.54, 1.807) is 6.07 Å². The van der Waals surface area contributed by atoms with Crippen LogP contribution in [0.5, 0.6) is 0 Å². The van der Waals surface area contributed by atoms with Crippen LogP contribution in [0.4, 0.5) is 0 Å². The van der Waals surface area contributed by atoms with Gasteiger partial charge in [-0.25, -0.2) is 0 Å². The lowest BCUT2D eigenvalue weighted by Gasteiger charge is -2.34. The van der Waals surface area contributed by atoms with Crippen LogP contribution in [0.15, 0.2) is 18.2 Å². The molecule has 19 heavy (non-hydrogen) atoms. The van der Waals surface area contributed by atoms with Gasteiger partial charge in [0.1, 0.15) is 6.04 Å². The van der Waals surface area contributed by atoms with Crippen molar-refractivity contribution in [2.45, 2.75) is 6.04 Å². The van der Waals surface area contributed by atoms with Gasteiger partial charge < -0.3 is 16.0 Å². The number of nitrogens with zero attached hydrogens (tertiary/aromatic N) is 1. The Balaban J connectivity index is 2.28. The van der Waals surface area contributed by atoms with Crippen LogP contribution in [0.3, 0.4) is 0 Å². The Bertz CT molecular complexity index is 501. The van der Waals surface area contributed by atoms with E-state index in [1.807, 2.05) is 0 Å². The minimum atomic E-state index is -0.654. The van der Waals surface area contributed by atoms with Crippen LogP contribution >= 0.6 is 23.2 Å². The van der Waals surface area contributed by atoms with E-state index in [0.29, 0.717) is 35.2 Å². The molecular weight excluding hydrogens is 289 g/mol. The molecule has 1 aromatic rings. The number of piperazine rings is 1. The molecule has 1 atom stereocenters. The summed E-state index contributed by atoms with van der Waals surface area (Å²) < 4.78 is 0. The second kappa shape index (κ2) is 5.77. The van der Waals surface area contributed by atoms with Gasteiger partial charge in [-0.2, -0.15) is 0 Å². The first-order valence-corrected chi connectivity index (χ1v) is 6.51. The van der Waals surface area contributed by atoms with E-state index in [2.05, 4.69) is 5.32 Å². The number of carbonyl (C=O) groups excluding carboxylic acids is 2. The van der Waals surface area contributed by atoms with E-state index in [9.17, 15) is 9.59 Å². The molecule has 0 aliphatic carbocycles. The van der Waals surface area contributed by atoms with Gasteiger partial charge in [0, 0.05) is 35.2 Å². The van der Waals surface area contributed by atoms with Crippen LogP contribution in [0, 0.1) is 0 Å². The van der Waals surface area contributed by atoms with Crippen LogP contribution < -0.4 is 11.1 Å². The molecule has 0 aromatic heterocycles. The third-order valence-electron chi connectivity index (χ3n) is 2.94. The second-order valence-corrected chi connectivity index (χ2v) is 5.15. The Morgan fingerprint density at radius 1 is 1.26 bits per heavy atom. The molecule has 1 heterocycles. The zero-order valence-electron chi connectivity index (χ0n) is 10.0. The van der Waals surface area contributed by atoms with Crippen LogP contribution in [-0.4, -0.2) is 42.4 Å². The fraction of sp³-hybridized carbons (Fsp3) is 0.333. The molecule has 0 saturated carbocycles. The standard InChI is InChI=1S/C12H13Cl2N3O2/c13-8-3-7(4-9(14)5-8)12(19)17-2-1-16-6-10(17)11(15)18/h3-5,10,16H,1-2,6H2,(H2,15,18). The Hall–Kier alpha value is -1.30. The number of rotatable bonds is 2. The molecule has 2 amide bonds. The van der Waals surface area contributed by atoms with E-state index in [1.165, 1.54) is 17.0 Å². The van der Waals surface area contributed by atoms with E-state index in [4.69, 9.17) is 28.9 Å². The summed E-state index contributed by atoms with van der Waals surface area (Å²) in [7, 11) is 0. The van der Waals surface area contributed by atoms with Gasteiger partial charge in [0.15, 0.2) is 0 Å². The molecule has 0 radical (unpaired) electrons. The number of carbonyl (C=O) groups is 2. The van der Waals surface area contributed by atoms with Crippen molar-refractivity contribution in [2.75, 3.05) is 19.6 Å². The summed E-state index contributed by atoms with van der Waals surface area (Å²) in [5.41, 5.74) is 5.66. The van der Waals surface area contributed by atoms with Gasteiger partial charge in [-0.15, -0.1) is 0 Å². The van der Waals surface area contributed by atoms with Crippen LogP contribution in [-0.2, 0) is 4.79 Å². The number of benzene rings is 1. The molecule has 102 valence electrons. The third-order valence-corrected chi connectivity index (χ3v) is 3.38. The lowest BCUT2D eigenvalue weighted by molar-refractivity contribution is -0.122. The fourth-order valence-electron chi connectivity index (χ4n) is 2.04. The number of hydrogen-bond donors (Lipinski definition) is 2. The molecule has 1 aromatic carbocycles. The van der Waals surface area contributed by atoms with Gasteiger partial charge in [-0.05, 0) is 18.2 Å². The molecule has 1 fully saturated rings. The van der Waals surface area contributed by atoms with E-state index in [0.717, 1.165) is 0 Å². The summed E-state index contributed by atoms with van der Waals surface area (Å²) in [6, 6.07) is 3.94. The highest BCUT2D eigenvalue weighted by atomic mass is 35.5. The average Bonchev–Trinajstić information content (AvgIpc) is 2.36. The summed E-state index contributed by atoms with van der Waals surface area (Å²) in [4.78, 5) is 25.2.